The molecular weight excluding hydrogens is 484 g/mol. The molecule has 1 aromatic carbocycles. The Morgan fingerprint density at radius 3 is 2.37 bits per heavy atom. The fourth-order valence-corrected chi connectivity index (χ4v) is 5.49. The van der Waals surface area contributed by atoms with Crippen molar-refractivity contribution in [3.8, 4) is 11.5 Å². The number of unbranched alkanes of at least 4 members (excludes halogenated alkanes) is 8. The predicted molar refractivity (Wildman–Crippen MR) is 148 cm³/mol. The standard InChI is InChI=1S/C30H48N2O6/c1-35-25-21-26-27(38-30(34)29(26)28(22-25)36-2)13-9-6-4-3-5-7-11-17-32-18-14-24(15-19-32)37-20-12-8-10-16-31-23-33/h21-24,27H,3-20H2,1-2H3,(H,31,33)/t27-/m1/s1. The first kappa shape index (κ1) is 30.2. The van der Waals surface area contributed by atoms with Gasteiger partial charge in [-0.15, -0.1) is 0 Å². The van der Waals surface area contributed by atoms with Gasteiger partial charge in [0.1, 0.15) is 23.2 Å². The summed E-state index contributed by atoms with van der Waals surface area (Å²) in [7, 11) is 3.19. The SMILES string of the molecule is COc1cc(OC)c2c(c1)[C@@H](CCCCCCCCCN1CCC(OCCCCCNC=O)CC1)OC2=O. The molecule has 0 saturated carbocycles. The number of piperidine rings is 1. The van der Waals surface area contributed by atoms with Crippen molar-refractivity contribution in [1.29, 1.82) is 0 Å². The molecular formula is C30H48N2O6. The smallest absolute Gasteiger partial charge is 0.342 e. The maximum atomic E-state index is 12.3. The molecule has 1 aromatic rings. The number of fused-ring (bicyclic) bond motifs is 1. The van der Waals surface area contributed by atoms with E-state index in [-0.39, 0.29) is 12.1 Å². The highest BCUT2D eigenvalue weighted by Crippen LogP contribution is 2.41. The molecule has 0 radical (unpaired) electrons. The molecule has 0 unspecified atom stereocenters. The van der Waals surface area contributed by atoms with Gasteiger partial charge in [-0.25, -0.2) is 4.79 Å². The molecule has 2 heterocycles. The number of likely N-dealkylation sites (tertiary alicyclic amines) is 1. The number of esters is 1. The molecule has 8 heteroatoms. The molecule has 1 N–H and O–H groups in total. The number of carbonyl (C=O) groups is 2. The highest BCUT2D eigenvalue weighted by molar-refractivity contribution is 5.97. The average Bonchev–Trinajstić information content (AvgIpc) is 3.26. The van der Waals surface area contributed by atoms with Crippen LogP contribution in [-0.2, 0) is 14.3 Å². The third-order valence-corrected chi connectivity index (χ3v) is 7.74. The molecule has 38 heavy (non-hydrogen) atoms. The van der Waals surface area contributed by atoms with Crippen molar-refractivity contribution in [1.82, 2.24) is 10.2 Å². The Morgan fingerprint density at radius 2 is 1.66 bits per heavy atom. The molecule has 8 nitrogen and oxygen atoms in total. The van der Waals surface area contributed by atoms with Crippen LogP contribution in [0.25, 0.3) is 0 Å². The largest absolute Gasteiger partial charge is 0.497 e. The summed E-state index contributed by atoms with van der Waals surface area (Å²) < 4.78 is 22.4. The minimum atomic E-state index is -0.294. The monoisotopic (exact) mass is 532 g/mol. The molecule has 1 saturated heterocycles. The summed E-state index contributed by atoms with van der Waals surface area (Å²) in [5, 5.41) is 2.70. The van der Waals surface area contributed by atoms with E-state index in [1.807, 2.05) is 6.07 Å². The zero-order valence-corrected chi connectivity index (χ0v) is 23.5. The lowest BCUT2D eigenvalue weighted by molar-refractivity contribution is -0.109. The van der Waals surface area contributed by atoms with Gasteiger partial charge in [0.15, 0.2) is 0 Å². The number of hydrogen-bond donors (Lipinski definition) is 1. The summed E-state index contributed by atoms with van der Waals surface area (Å²) >= 11 is 0. The van der Waals surface area contributed by atoms with Crippen molar-refractivity contribution >= 4 is 12.4 Å². The molecule has 1 amide bonds. The Morgan fingerprint density at radius 1 is 0.947 bits per heavy atom. The number of nitrogens with zero attached hydrogens (tertiary/aromatic N) is 1. The van der Waals surface area contributed by atoms with Gasteiger partial charge in [-0.3, -0.25) is 4.79 Å². The van der Waals surface area contributed by atoms with Gasteiger partial charge in [0.05, 0.1) is 20.3 Å². The zero-order valence-electron chi connectivity index (χ0n) is 23.5. The van der Waals surface area contributed by atoms with Crippen molar-refractivity contribution in [2.75, 3.05) is 47.0 Å². The Labute approximate surface area is 228 Å². The molecule has 0 bridgehead atoms. The summed E-state index contributed by atoms with van der Waals surface area (Å²) in [5.74, 6) is 0.921. The van der Waals surface area contributed by atoms with Gasteiger partial charge < -0.3 is 29.2 Å². The van der Waals surface area contributed by atoms with Crippen molar-refractivity contribution in [2.45, 2.75) is 95.7 Å². The van der Waals surface area contributed by atoms with Gasteiger partial charge in [0.25, 0.3) is 0 Å². The second kappa shape index (κ2) is 17.3. The van der Waals surface area contributed by atoms with Crippen molar-refractivity contribution < 1.29 is 28.5 Å². The molecule has 1 fully saturated rings. The summed E-state index contributed by atoms with van der Waals surface area (Å²) in [4.78, 5) is 25.2. The molecule has 3 rings (SSSR count). The van der Waals surface area contributed by atoms with Crippen LogP contribution in [0, 0.1) is 0 Å². The Balaban J connectivity index is 1.16. The number of ether oxygens (including phenoxy) is 4. The van der Waals surface area contributed by atoms with Crippen LogP contribution < -0.4 is 14.8 Å². The van der Waals surface area contributed by atoms with E-state index >= 15 is 0 Å². The minimum Gasteiger partial charge on any atom is -0.497 e. The van der Waals surface area contributed by atoms with Crippen molar-refractivity contribution in [2.24, 2.45) is 0 Å². The Hall–Kier alpha value is -2.32. The quantitative estimate of drug-likeness (QED) is 0.136. The van der Waals surface area contributed by atoms with E-state index in [2.05, 4.69) is 10.2 Å². The number of rotatable bonds is 20. The average molecular weight is 533 g/mol. The van der Waals surface area contributed by atoms with Crippen LogP contribution in [-0.4, -0.2) is 70.4 Å². The van der Waals surface area contributed by atoms with E-state index in [1.165, 1.54) is 38.6 Å². The third-order valence-electron chi connectivity index (χ3n) is 7.74. The number of benzene rings is 1. The van der Waals surface area contributed by atoms with Crippen molar-refractivity contribution in [3.05, 3.63) is 23.3 Å². The Kier molecular flexibility index (Phi) is 13.8. The lowest BCUT2D eigenvalue weighted by atomic mass is 9.98. The summed E-state index contributed by atoms with van der Waals surface area (Å²) in [6, 6.07) is 3.64. The van der Waals surface area contributed by atoms with Crippen LogP contribution in [0.2, 0.25) is 0 Å². The summed E-state index contributed by atoms with van der Waals surface area (Å²) in [6.45, 7) is 5.12. The highest BCUT2D eigenvalue weighted by atomic mass is 16.6. The summed E-state index contributed by atoms with van der Waals surface area (Å²) in [6.07, 6.45) is 15.9. The van der Waals surface area contributed by atoms with Crippen LogP contribution in [0.5, 0.6) is 11.5 Å². The minimum absolute atomic E-state index is 0.201. The first-order valence-corrected chi connectivity index (χ1v) is 14.6. The van der Waals surface area contributed by atoms with Crippen LogP contribution >= 0.6 is 0 Å². The number of methoxy groups -OCH3 is 2. The van der Waals surface area contributed by atoms with Crippen LogP contribution in [0.3, 0.4) is 0 Å². The lowest BCUT2D eigenvalue weighted by Crippen LogP contribution is -2.37. The predicted octanol–water partition coefficient (Wildman–Crippen LogP) is 5.43. The van der Waals surface area contributed by atoms with Crippen LogP contribution in [0.4, 0.5) is 0 Å². The van der Waals surface area contributed by atoms with Gasteiger partial charge in [0.2, 0.25) is 6.41 Å². The second-order valence-corrected chi connectivity index (χ2v) is 10.5. The number of amides is 1. The lowest BCUT2D eigenvalue weighted by Gasteiger charge is -2.31. The molecule has 1 atom stereocenters. The maximum Gasteiger partial charge on any atom is 0.342 e. The van der Waals surface area contributed by atoms with Gasteiger partial charge in [-0.05, 0) is 64.0 Å². The van der Waals surface area contributed by atoms with E-state index in [9.17, 15) is 9.59 Å². The normalized spacial score (nSPS) is 17.7. The number of hydrogen-bond acceptors (Lipinski definition) is 7. The molecule has 0 spiro atoms. The number of cyclic esters (lactones) is 1. The van der Waals surface area contributed by atoms with E-state index in [4.69, 9.17) is 18.9 Å². The molecule has 2 aliphatic heterocycles. The number of carbonyl (C=O) groups excluding carboxylic acids is 2. The zero-order chi connectivity index (χ0) is 27.0. The Bertz CT molecular complexity index is 840. The van der Waals surface area contributed by atoms with Crippen molar-refractivity contribution in [3.63, 3.8) is 0 Å². The first-order chi connectivity index (χ1) is 18.7. The van der Waals surface area contributed by atoms with E-state index in [0.29, 0.717) is 23.2 Å². The molecule has 0 aromatic heterocycles. The van der Waals surface area contributed by atoms with Gasteiger partial charge in [0, 0.05) is 37.9 Å². The third kappa shape index (κ3) is 9.77. The molecule has 0 aliphatic carbocycles. The van der Waals surface area contributed by atoms with E-state index in [1.54, 1.807) is 20.3 Å². The summed E-state index contributed by atoms with van der Waals surface area (Å²) in [5.41, 5.74) is 1.44. The second-order valence-electron chi connectivity index (χ2n) is 10.5. The van der Waals surface area contributed by atoms with Gasteiger partial charge in [-0.1, -0.05) is 32.1 Å². The number of nitrogens with one attached hydrogen (secondary N) is 1. The first-order valence-electron chi connectivity index (χ1n) is 14.6. The topological polar surface area (TPSA) is 86.3 Å². The van der Waals surface area contributed by atoms with Crippen LogP contribution in [0.1, 0.15) is 105 Å². The fraction of sp³-hybridized carbons (Fsp3) is 0.733. The molecule has 2 aliphatic rings. The molecule has 214 valence electrons. The van der Waals surface area contributed by atoms with Crippen LogP contribution in [0.15, 0.2) is 12.1 Å². The maximum absolute atomic E-state index is 12.3. The highest BCUT2D eigenvalue weighted by Gasteiger charge is 2.34. The van der Waals surface area contributed by atoms with E-state index < -0.39 is 0 Å². The fourth-order valence-electron chi connectivity index (χ4n) is 5.49. The van der Waals surface area contributed by atoms with E-state index in [0.717, 1.165) is 89.6 Å². The van der Waals surface area contributed by atoms with Gasteiger partial charge in [-0.2, -0.15) is 0 Å². The van der Waals surface area contributed by atoms with Gasteiger partial charge >= 0.3 is 5.97 Å².